The standard InChI is InChI=1S/C15H15FN2O2/c1-9-4-3-5-12(15(17)18-19)14(9)20-13-7-6-11(16)8-10(13)2/h3-8,19H,1-2H3,(H2,17,18). The van der Waals surface area contributed by atoms with Crippen LogP contribution in [0.2, 0.25) is 0 Å². The van der Waals surface area contributed by atoms with E-state index in [1.165, 1.54) is 12.1 Å². The maximum atomic E-state index is 13.1. The van der Waals surface area contributed by atoms with Gasteiger partial charge in [-0.1, -0.05) is 17.3 Å². The highest BCUT2D eigenvalue weighted by Gasteiger charge is 2.13. The highest BCUT2D eigenvalue weighted by Crippen LogP contribution is 2.31. The predicted molar refractivity (Wildman–Crippen MR) is 74.9 cm³/mol. The van der Waals surface area contributed by atoms with Gasteiger partial charge in [-0.2, -0.15) is 0 Å². The lowest BCUT2D eigenvalue weighted by Crippen LogP contribution is -2.14. The minimum atomic E-state index is -0.323. The summed E-state index contributed by atoms with van der Waals surface area (Å²) in [7, 11) is 0. The Labute approximate surface area is 116 Å². The van der Waals surface area contributed by atoms with Crippen molar-refractivity contribution in [3.8, 4) is 11.5 Å². The molecule has 0 aromatic heterocycles. The van der Waals surface area contributed by atoms with Crippen molar-refractivity contribution in [2.24, 2.45) is 10.9 Å². The number of nitrogens with two attached hydrogens (primary N) is 1. The fraction of sp³-hybridized carbons (Fsp3) is 0.133. The maximum absolute atomic E-state index is 13.1. The second kappa shape index (κ2) is 5.61. The minimum Gasteiger partial charge on any atom is -0.456 e. The molecule has 0 fully saturated rings. The van der Waals surface area contributed by atoms with Gasteiger partial charge in [0.15, 0.2) is 5.84 Å². The molecule has 0 spiro atoms. The lowest BCUT2D eigenvalue weighted by molar-refractivity contribution is 0.318. The molecule has 0 aliphatic heterocycles. The molecule has 0 aliphatic rings. The Balaban J connectivity index is 2.48. The Kier molecular flexibility index (Phi) is 3.89. The van der Waals surface area contributed by atoms with Crippen LogP contribution < -0.4 is 10.5 Å². The molecule has 0 heterocycles. The van der Waals surface area contributed by atoms with E-state index >= 15 is 0 Å². The van der Waals surface area contributed by atoms with Crippen LogP contribution in [0.5, 0.6) is 11.5 Å². The molecule has 0 saturated heterocycles. The summed E-state index contributed by atoms with van der Waals surface area (Å²) in [6.07, 6.45) is 0. The summed E-state index contributed by atoms with van der Waals surface area (Å²) in [5, 5.41) is 11.8. The second-order valence-corrected chi connectivity index (χ2v) is 4.45. The summed E-state index contributed by atoms with van der Waals surface area (Å²) in [4.78, 5) is 0. The monoisotopic (exact) mass is 274 g/mol. The fourth-order valence-corrected chi connectivity index (χ4v) is 1.88. The van der Waals surface area contributed by atoms with Crippen molar-refractivity contribution in [1.29, 1.82) is 0 Å². The summed E-state index contributed by atoms with van der Waals surface area (Å²) in [6, 6.07) is 9.58. The molecule has 4 nitrogen and oxygen atoms in total. The van der Waals surface area contributed by atoms with Gasteiger partial charge >= 0.3 is 0 Å². The van der Waals surface area contributed by atoms with Crippen molar-refractivity contribution in [3.63, 3.8) is 0 Å². The number of oxime groups is 1. The summed E-state index contributed by atoms with van der Waals surface area (Å²) < 4.78 is 18.9. The molecule has 0 unspecified atom stereocenters. The maximum Gasteiger partial charge on any atom is 0.173 e. The van der Waals surface area contributed by atoms with Gasteiger partial charge in [0.2, 0.25) is 0 Å². The number of aryl methyl sites for hydroxylation is 2. The van der Waals surface area contributed by atoms with Crippen LogP contribution >= 0.6 is 0 Å². The first-order chi connectivity index (χ1) is 9.52. The predicted octanol–water partition coefficient (Wildman–Crippen LogP) is 3.33. The number of ether oxygens (including phenoxy) is 1. The summed E-state index contributed by atoms with van der Waals surface area (Å²) in [6.45, 7) is 3.60. The molecule has 104 valence electrons. The van der Waals surface area contributed by atoms with Gasteiger partial charge in [-0.05, 0) is 49.2 Å². The molecule has 20 heavy (non-hydrogen) atoms. The van der Waals surface area contributed by atoms with Crippen molar-refractivity contribution in [1.82, 2.24) is 0 Å². The van der Waals surface area contributed by atoms with Crippen LogP contribution in [0.25, 0.3) is 0 Å². The molecule has 0 bridgehead atoms. The van der Waals surface area contributed by atoms with E-state index < -0.39 is 0 Å². The van der Waals surface area contributed by atoms with Crippen LogP contribution in [0.4, 0.5) is 4.39 Å². The van der Waals surface area contributed by atoms with Crippen LogP contribution in [-0.2, 0) is 0 Å². The Bertz CT molecular complexity index is 669. The first-order valence-corrected chi connectivity index (χ1v) is 6.04. The number of hydrogen-bond donors (Lipinski definition) is 2. The summed E-state index contributed by atoms with van der Waals surface area (Å²) in [5.74, 6) is 0.643. The van der Waals surface area contributed by atoms with E-state index in [0.717, 1.165) is 5.56 Å². The van der Waals surface area contributed by atoms with Gasteiger partial charge in [0.05, 0.1) is 5.56 Å². The number of benzene rings is 2. The van der Waals surface area contributed by atoms with E-state index in [1.54, 1.807) is 25.1 Å². The van der Waals surface area contributed by atoms with Crippen LogP contribution in [0.3, 0.4) is 0 Å². The van der Waals surface area contributed by atoms with E-state index in [0.29, 0.717) is 22.6 Å². The Hall–Kier alpha value is -2.56. The van der Waals surface area contributed by atoms with Crippen molar-refractivity contribution < 1.29 is 14.3 Å². The Morgan fingerprint density at radius 1 is 1.20 bits per heavy atom. The molecule has 3 N–H and O–H groups in total. The third kappa shape index (κ3) is 2.71. The molecule has 0 atom stereocenters. The van der Waals surface area contributed by atoms with E-state index in [4.69, 9.17) is 15.7 Å². The van der Waals surface area contributed by atoms with E-state index in [-0.39, 0.29) is 11.7 Å². The zero-order valence-electron chi connectivity index (χ0n) is 11.2. The fourth-order valence-electron chi connectivity index (χ4n) is 1.88. The lowest BCUT2D eigenvalue weighted by Gasteiger charge is -2.14. The molecular formula is C15H15FN2O2. The number of nitrogens with zero attached hydrogens (tertiary/aromatic N) is 1. The second-order valence-electron chi connectivity index (χ2n) is 4.45. The topological polar surface area (TPSA) is 67.8 Å². The van der Waals surface area contributed by atoms with Crippen LogP contribution in [0.1, 0.15) is 16.7 Å². The average Bonchev–Trinajstić information content (AvgIpc) is 2.42. The quantitative estimate of drug-likeness (QED) is 0.390. The number of para-hydroxylation sites is 1. The zero-order chi connectivity index (χ0) is 14.7. The molecule has 0 saturated carbocycles. The van der Waals surface area contributed by atoms with Crippen molar-refractivity contribution in [2.75, 3.05) is 0 Å². The van der Waals surface area contributed by atoms with Crippen molar-refractivity contribution in [3.05, 3.63) is 58.9 Å². The molecule has 0 amide bonds. The van der Waals surface area contributed by atoms with Crippen molar-refractivity contribution in [2.45, 2.75) is 13.8 Å². The minimum absolute atomic E-state index is 0.0385. The van der Waals surface area contributed by atoms with Gasteiger partial charge in [0, 0.05) is 0 Å². The van der Waals surface area contributed by atoms with Gasteiger partial charge in [0.25, 0.3) is 0 Å². The number of hydrogen-bond acceptors (Lipinski definition) is 3. The highest BCUT2D eigenvalue weighted by atomic mass is 19.1. The third-order valence-corrected chi connectivity index (χ3v) is 2.94. The van der Waals surface area contributed by atoms with Crippen molar-refractivity contribution >= 4 is 5.84 Å². The van der Waals surface area contributed by atoms with E-state index in [9.17, 15) is 4.39 Å². The van der Waals surface area contributed by atoms with Gasteiger partial charge in [-0.15, -0.1) is 0 Å². The van der Waals surface area contributed by atoms with E-state index in [1.807, 2.05) is 13.0 Å². The number of halogens is 1. The third-order valence-electron chi connectivity index (χ3n) is 2.94. The van der Waals surface area contributed by atoms with Crippen LogP contribution in [0, 0.1) is 19.7 Å². The molecule has 2 aromatic rings. The van der Waals surface area contributed by atoms with E-state index in [2.05, 4.69) is 5.16 Å². The first-order valence-electron chi connectivity index (χ1n) is 6.04. The smallest absolute Gasteiger partial charge is 0.173 e. The summed E-state index contributed by atoms with van der Waals surface area (Å²) in [5.41, 5.74) is 7.62. The van der Waals surface area contributed by atoms with Crippen LogP contribution in [0.15, 0.2) is 41.6 Å². The molecule has 2 aromatic carbocycles. The molecule has 2 rings (SSSR count). The Morgan fingerprint density at radius 2 is 1.95 bits per heavy atom. The number of amidine groups is 1. The van der Waals surface area contributed by atoms with Gasteiger partial charge in [-0.3, -0.25) is 0 Å². The molecular weight excluding hydrogens is 259 g/mol. The zero-order valence-corrected chi connectivity index (χ0v) is 11.2. The molecule has 0 radical (unpaired) electrons. The molecule has 0 aliphatic carbocycles. The van der Waals surface area contributed by atoms with Gasteiger partial charge in [-0.25, -0.2) is 4.39 Å². The highest BCUT2D eigenvalue weighted by molar-refractivity contribution is 6.00. The molecule has 5 heteroatoms. The summed E-state index contributed by atoms with van der Waals surface area (Å²) >= 11 is 0. The van der Waals surface area contributed by atoms with Gasteiger partial charge < -0.3 is 15.7 Å². The lowest BCUT2D eigenvalue weighted by atomic mass is 10.1. The van der Waals surface area contributed by atoms with Gasteiger partial charge in [0.1, 0.15) is 17.3 Å². The largest absolute Gasteiger partial charge is 0.456 e. The Morgan fingerprint density at radius 3 is 2.60 bits per heavy atom. The SMILES string of the molecule is Cc1cc(F)ccc1Oc1c(C)cccc1/C(N)=N/O. The van der Waals surface area contributed by atoms with Crippen LogP contribution in [-0.4, -0.2) is 11.0 Å². The first kappa shape index (κ1) is 13.9. The average molecular weight is 274 g/mol. The number of rotatable bonds is 3. The normalized spacial score (nSPS) is 11.4.